The summed E-state index contributed by atoms with van der Waals surface area (Å²) in [6.45, 7) is 6.42. The first kappa shape index (κ1) is 10.9. The lowest BCUT2D eigenvalue weighted by Crippen LogP contribution is -2.40. The fourth-order valence-electron chi connectivity index (χ4n) is 3.76. The number of aliphatic hydroxyl groups is 1. The maximum absolute atomic E-state index is 11.7. The number of aliphatic hydroxyl groups excluding tert-OH is 1. The van der Waals surface area contributed by atoms with E-state index in [2.05, 4.69) is 20.8 Å². The van der Waals surface area contributed by atoms with E-state index in [1.54, 1.807) is 0 Å². The van der Waals surface area contributed by atoms with Gasteiger partial charge in [0.05, 0.1) is 19.1 Å². The zero-order chi connectivity index (χ0) is 11.4. The van der Waals surface area contributed by atoms with Gasteiger partial charge >= 0.3 is 5.97 Å². The highest BCUT2D eigenvalue weighted by Crippen LogP contribution is 2.67. The summed E-state index contributed by atoms with van der Waals surface area (Å²) in [5.74, 6) is -0.294. The predicted molar refractivity (Wildman–Crippen MR) is 56.1 cm³/mol. The van der Waals surface area contributed by atoms with Gasteiger partial charge in [-0.2, -0.15) is 0 Å². The highest BCUT2D eigenvalue weighted by molar-refractivity contribution is 5.74. The SMILES string of the molecule is COC(=O)[C@@H]1[C@@H](O)[C@@]2(C)CC[C@@H]1C2(C)C. The molecule has 0 aliphatic heterocycles. The summed E-state index contributed by atoms with van der Waals surface area (Å²) in [6.07, 6.45) is 1.50. The second kappa shape index (κ2) is 2.97. The van der Waals surface area contributed by atoms with E-state index in [1.165, 1.54) is 7.11 Å². The topological polar surface area (TPSA) is 46.5 Å². The lowest BCUT2D eigenvalue weighted by Gasteiger charge is -2.36. The van der Waals surface area contributed by atoms with E-state index in [0.29, 0.717) is 0 Å². The molecule has 0 aromatic carbocycles. The molecule has 2 aliphatic carbocycles. The van der Waals surface area contributed by atoms with Gasteiger partial charge in [0.15, 0.2) is 0 Å². The third kappa shape index (κ3) is 1.07. The molecular formula is C12H20O3. The van der Waals surface area contributed by atoms with Crippen molar-refractivity contribution in [1.82, 2.24) is 0 Å². The molecule has 0 heterocycles. The van der Waals surface area contributed by atoms with Crippen LogP contribution in [0.3, 0.4) is 0 Å². The second-order valence-corrected chi connectivity index (χ2v) is 5.78. The Morgan fingerprint density at radius 3 is 2.40 bits per heavy atom. The Bertz CT molecular complexity index is 297. The van der Waals surface area contributed by atoms with E-state index in [-0.39, 0.29) is 28.6 Å². The van der Waals surface area contributed by atoms with Crippen LogP contribution in [0.15, 0.2) is 0 Å². The molecule has 2 rings (SSSR count). The number of rotatable bonds is 1. The number of esters is 1. The number of carbonyl (C=O) groups is 1. The molecule has 0 amide bonds. The summed E-state index contributed by atoms with van der Waals surface area (Å²) in [6, 6.07) is 0. The lowest BCUT2D eigenvalue weighted by atomic mass is 9.70. The molecule has 15 heavy (non-hydrogen) atoms. The van der Waals surface area contributed by atoms with E-state index in [4.69, 9.17) is 4.74 Å². The van der Waals surface area contributed by atoms with Gasteiger partial charge in [-0.05, 0) is 29.6 Å². The van der Waals surface area contributed by atoms with Gasteiger partial charge in [0.2, 0.25) is 0 Å². The highest BCUT2D eigenvalue weighted by Gasteiger charge is 2.67. The molecule has 2 fully saturated rings. The number of hydrogen-bond donors (Lipinski definition) is 1. The van der Waals surface area contributed by atoms with Crippen LogP contribution >= 0.6 is 0 Å². The Morgan fingerprint density at radius 1 is 1.40 bits per heavy atom. The molecule has 0 aromatic rings. The smallest absolute Gasteiger partial charge is 0.311 e. The zero-order valence-corrected chi connectivity index (χ0v) is 9.91. The Labute approximate surface area is 90.8 Å². The third-order valence-electron chi connectivity index (χ3n) is 5.27. The maximum atomic E-state index is 11.7. The second-order valence-electron chi connectivity index (χ2n) is 5.78. The van der Waals surface area contributed by atoms with Gasteiger partial charge in [-0.1, -0.05) is 20.8 Å². The summed E-state index contributed by atoms with van der Waals surface area (Å²) in [5.41, 5.74) is -0.0954. The lowest BCUT2D eigenvalue weighted by molar-refractivity contribution is -0.153. The number of fused-ring (bicyclic) bond motifs is 2. The molecule has 0 unspecified atom stereocenters. The van der Waals surface area contributed by atoms with Crippen LogP contribution in [0.25, 0.3) is 0 Å². The summed E-state index contributed by atoms with van der Waals surface area (Å²) < 4.78 is 4.80. The Morgan fingerprint density at radius 2 is 2.00 bits per heavy atom. The molecule has 3 heteroatoms. The van der Waals surface area contributed by atoms with Crippen LogP contribution in [0.5, 0.6) is 0 Å². The van der Waals surface area contributed by atoms with Crippen LogP contribution in [0.2, 0.25) is 0 Å². The minimum atomic E-state index is -0.543. The van der Waals surface area contributed by atoms with Gasteiger partial charge in [0.25, 0.3) is 0 Å². The average molecular weight is 212 g/mol. The Balaban J connectivity index is 2.38. The van der Waals surface area contributed by atoms with E-state index in [1.807, 2.05) is 0 Å². The molecule has 3 nitrogen and oxygen atoms in total. The Hall–Kier alpha value is -0.570. The number of carbonyl (C=O) groups excluding carboxylic acids is 1. The van der Waals surface area contributed by atoms with Crippen molar-refractivity contribution in [3.8, 4) is 0 Å². The molecule has 2 bridgehead atoms. The molecule has 86 valence electrons. The van der Waals surface area contributed by atoms with E-state index in [9.17, 15) is 9.90 Å². The van der Waals surface area contributed by atoms with Crippen molar-refractivity contribution in [3.05, 3.63) is 0 Å². The van der Waals surface area contributed by atoms with Crippen molar-refractivity contribution < 1.29 is 14.6 Å². The summed E-state index contributed by atoms with van der Waals surface area (Å²) >= 11 is 0. The largest absolute Gasteiger partial charge is 0.469 e. The van der Waals surface area contributed by atoms with Crippen molar-refractivity contribution in [3.63, 3.8) is 0 Å². The molecule has 1 N–H and O–H groups in total. The monoisotopic (exact) mass is 212 g/mol. The zero-order valence-electron chi connectivity index (χ0n) is 9.91. The van der Waals surface area contributed by atoms with Gasteiger partial charge in [-0.25, -0.2) is 0 Å². The molecule has 0 saturated heterocycles. The van der Waals surface area contributed by atoms with Gasteiger partial charge in [0, 0.05) is 0 Å². The average Bonchev–Trinajstić information content (AvgIpc) is 2.48. The normalized spacial score (nSPS) is 46.9. The quantitative estimate of drug-likeness (QED) is 0.671. The molecule has 2 saturated carbocycles. The van der Waals surface area contributed by atoms with Crippen LogP contribution in [-0.4, -0.2) is 24.3 Å². The first-order valence-electron chi connectivity index (χ1n) is 5.62. The fraction of sp³-hybridized carbons (Fsp3) is 0.917. The van der Waals surface area contributed by atoms with Crippen molar-refractivity contribution in [2.24, 2.45) is 22.7 Å². The van der Waals surface area contributed by atoms with Crippen LogP contribution in [0.1, 0.15) is 33.6 Å². The number of methoxy groups -OCH3 is 1. The van der Waals surface area contributed by atoms with E-state index in [0.717, 1.165) is 12.8 Å². The molecule has 4 atom stereocenters. The van der Waals surface area contributed by atoms with Crippen LogP contribution in [-0.2, 0) is 9.53 Å². The van der Waals surface area contributed by atoms with Crippen LogP contribution in [0.4, 0.5) is 0 Å². The van der Waals surface area contributed by atoms with Gasteiger partial charge < -0.3 is 9.84 Å². The molecule has 0 spiro atoms. The molecule has 0 aromatic heterocycles. The van der Waals surface area contributed by atoms with Crippen LogP contribution in [0, 0.1) is 22.7 Å². The van der Waals surface area contributed by atoms with Gasteiger partial charge in [-0.3, -0.25) is 4.79 Å². The summed E-state index contributed by atoms with van der Waals surface area (Å²) in [5, 5.41) is 10.3. The third-order valence-corrected chi connectivity index (χ3v) is 5.27. The minimum absolute atomic E-state index is 0.0330. The maximum Gasteiger partial charge on any atom is 0.311 e. The highest BCUT2D eigenvalue weighted by atomic mass is 16.5. The van der Waals surface area contributed by atoms with Crippen molar-refractivity contribution in [1.29, 1.82) is 0 Å². The Kier molecular flexibility index (Phi) is 2.16. The van der Waals surface area contributed by atoms with Crippen molar-refractivity contribution >= 4 is 5.97 Å². The molecular weight excluding hydrogens is 192 g/mol. The molecule has 0 radical (unpaired) electrons. The van der Waals surface area contributed by atoms with Crippen LogP contribution < -0.4 is 0 Å². The first-order valence-corrected chi connectivity index (χ1v) is 5.62. The number of ether oxygens (including phenoxy) is 1. The number of hydrogen-bond acceptors (Lipinski definition) is 3. The summed E-state index contributed by atoms with van der Waals surface area (Å²) in [4.78, 5) is 11.7. The van der Waals surface area contributed by atoms with Crippen molar-refractivity contribution in [2.75, 3.05) is 7.11 Å². The molecule has 2 aliphatic rings. The summed E-state index contributed by atoms with van der Waals surface area (Å²) in [7, 11) is 1.40. The van der Waals surface area contributed by atoms with E-state index < -0.39 is 6.10 Å². The first-order chi connectivity index (χ1) is 6.86. The predicted octanol–water partition coefficient (Wildman–Crippen LogP) is 1.59. The standard InChI is InChI=1S/C12H20O3/c1-11(2)7-5-6-12(11,3)9(13)8(7)10(14)15-4/h7-9,13H,5-6H2,1-4H3/t7-,8-,9+,12+/m0/s1. The fourth-order valence-corrected chi connectivity index (χ4v) is 3.76. The van der Waals surface area contributed by atoms with Crippen molar-refractivity contribution in [2.45, 2.75) is 39.7 Å². The van der Waals surface area contributed by atoms with E-state index >= 15 is 0 Å². The van der Waals surface area contributed by atoms with Gasteiger partial charge in [-0.15, -0.1) is 0 Å². The van der Waals surface area contributed by atoms with Gasteiger partial charge in [0.1, 0.15) is 0 Å². The minimum Gasteiger partial charge on any atom is -0.469 e.